The standard InChI is InChI=1S/C22H19FN10O7S3/c23-10-1-3-11(4-2-10)40-28-13(16-26-21(24)43-29-16)17(36)25-14-18(37)33-15(20(38)39)9(7-41-19(14)33)8-42-22-27-30-31-32(22)6-5-12(34)35/h1-4,14,19H,5-8H2,(H,25,36)(H,34,35)(H,38,39)(H2,24,26,29)/b28-13-/t14?,19-/m1/s1. The minimum absolute atomic E-state index is 0.0293. The number of aliphatic carboxylic acids is 2. The van der Waals surface area contributed by atoms with Crippen molar-refractivity contribution in [3.05, 3.63) is 47.2 Å². The Morgan fingerprint density at radius 3 is 2.70 bits per heavy atom. The molecule has 4 heterocycles. The van der Waals surface area contributed by atoms with E-state index in [9.17, 15) is 28.7 Å². The molecule has 1 aromatic carbocycles. The van der Waals surface area contributed by atoms with Crippen molar-refractivity contribution in [2.75, 3.05) is 17.2 Å². The molecule has 3 aromatic rings. The first-order valence-electron chi connectivity index (χ1n) is 12.0. The topological polar surface area (TPSA) is 241 Å². The maximum absolute atomic E-state index is 13.2. The number of β-lactam (4-membered cyclic amide) rings is 1. The molecule has 0 radical (unpaired) electrons. The zero-order valence-electron chi connectivity index (χ0n) is 21.5. The van der Waals surface area contributed by atoms with Crippen molar-refractivity contribution in [2.24, 2.45) is 5.16 Å². The van der Waals surface area contributed by atoms with Crippen LogP contribution >= 0.6 is 35.1 Å². The molecular formula is C22H19FN10O7S3. The van der Waals surface area contributed by atoms with Crippen LogP contribution < -0.4 is 15.9 Å². The van der Waals surface area contributed by atoms with E-state index in [-0.39, 0.29) is 52.0 Å². The third-order valence-corrected chi connectivity index (χ3v) is 8.80. The Labute approximate surface area is 252 Å². The number of nitrogens with two attached hydrogens (primary N) is 1. The van der Waals surface area contributed by atoms with Crippen LogP contribution in [0.4, 0.5) is 9.52 Å². The number of oxime groups is 1. The van der Waals surface area contributed by atoms with Crippen molar-refractivity contribution in [3.8, 4) is 5.75 Å². The monoisotopic (exact) mass is 650 g/mol. The predicted octanol–water partition coefficient (Wildman–Crippen LogP) is 0.0346. The quantitative estimate of drug-likeness (QED) is 0.0875. The molecule has 43 heavy (non-hydrogen) atoms. The molecule has 5 rings (SSSR count). The maximum atomic E-state index is 13.2. The van der Waals surface area contributed by atoms with Gasteiger partial charge in [0.05, 0.1) is 13.0 Å². The number of hydrogen-bond donors (Lipinski definition) is 4. The zero-order valence-corrected chi connectivity index (χ0v) is 23.9. The lowest BCUT2D eigenvalue weighted by Crippen LogP contribution is -2.71. The number of hydrogen-bond acceptors (Lipinski definition) is 15. The number of rotatable bonds is 12. The summed E-state index contributed by atoms with van der Waals surface area (Å²) in [4.78, 5) is 59.7. The highest BCUT2D eigenvalue weighted by Gasteiger charge is 2.54. The molecule has 2 atom stereocenters. The number of nitrogens with one attached hydrogen (secondary N) is 1. The normalized spacial score (nSPS) is 18.2. The average molecular weight is 651 g/mol. The second kappa shape index (κ2) is 12.7. The summed E-state index contributed by atoms with van der Waals surface area (Å²) in [5.74, 6) is -4.14. The number of aromatic nitrogens is 6. The number of fused-ring (bicyclic) bond motifs is 1. The first kappa shape index (κ1) is 29.8. The molecule has 2 aromatic heterocycles. The van der Waals surface area contributed by atoms with Crippen molar-refractivity contribution in [2.45, 2.75) is 29.5 Å². The highest BCUT2D eigenvalue weighted by atomic mass is 32.2. The van der Waals surface area contributed by atoms with Crippen molar-refractivity contribution < 1.29 is 38.6 Å². The number of halogens is 1. The Bertz CT molecular complexity index is 1640. The average Bonchev–Trinajstić information content (AvgIpc) is 3.62. The number of carboxylic acid groups (broad SMARTS) is 2. The Morgan fingerprint density at radius 1 is 1.26 bits per heavy atom. The lowest BCUT2D eigenvalue weighted by atomic mass is 10.0. The SMILES string of the molecule is Nc1nc(/C(=N/Oc2ccc(F)cc2)C(=O)NC2C(=O)N3C(C(=O)O)=C(CSc4nnnn4CCC(=O)O)CS[C@H]23)ns1. The smallest absolute Gasteiger partial charge is 0.352 e. The molecule has 0 spiro atoms. The lowest BCUT2D eigenvalue weighted by Gasteiger charge is -2.49. The molecule has 0 bridgehead atoms. The van der Waals surface area contributed by atoms with E-state index in [1.807, 2.05) is 0 Å². The number of thioether (sulfide) groups is 2. The summed E-state index contributed by atoms with van der Waals surface area (Å²) in [7, 11) is 0. The predicted molar refractivity (Wildman–Crippen MR) is 148 cm³/mol. The molecule has 1 unspecified atom stereocenters. The van der Waals surface area contributed by atoms with E-state index in [1.54, 1.807) is 0 Å². The van der Waals surface area contributed by atoms with E-state index >= 15 is 0 Å². The summed E-state index contributed by atoms with van der Waals surface area (Å²) in [6.07, 6.45) is -0.203. The highest BCUT2D eigenvalue weighted by Crippen LogP contribution is 2.41. The van der Waals surface area contributed by atoms with Gasteiger partial charge in [0.25, 0.3) is 11.8 Å². The van der Waals surface area contributed by atoms with Gasteiger partial charge in [-0.1, -0.05) is 16.9 Å². The fourth-order valence-electron chi connectivity index (χ4n) is 3.91. The van der Waals surface area contributed by atoms with Crippen LogP contribution in [0.3, 0.4) is 0 Å². The molecule has 2 aliphatic heterocycles. The minimum atomic E-state index is -1.33. The van der Waals surface area contributed by atoms with Gasteiger partial charge in [-0.3, -0.25) is 19.3 Å². The van der Waals surface area contributed by atoms with Gasteiger partial charge in [0.2, 0.25) is 16.7 Å². The first-order valence-corrected chi connectivity index (χ1v) is 14.8. The van der Waals surface area contributed by atoms with Gasteiger partial charge in [-0.25, -0.2) is 13.9 Å². The van der Waals surface area contributed by atoms with Gasteiger partial charge >= 0.3 is 11.9 Å². The molecule has 0 aliphatic carbocycles. The van der Waals surface area contributed by atoms with Crippen LogP contribution in [-0.4, -0.2) is 97.1 Å². The van der Waals surface area contributed by atoms with E-state index in [4.69, 9.17) is 15.7 Å². The third-order valence-electron chi connectivity index (χ3n) is 5.87. The van der Waals surface area contributed by atoms with Crippen LogP contribution in [0.1, 0.15) is 12.2 Å². The molecule has 1 saturated heterocycles. The summed E-state index contributed by atoms with van der Waals surface area (Å²) < 4.78 is 18.5. The number of anilines is 1. The number of nitrogens with zero attached hydrogens (tertiary/aromatic N) is 8. The lowest BCUT2D eigenvalue weighted by molar-refractivity contribution is -0.150. The fraction of sp³-hybridized carbons (Fsp3) is 0.273. The number of aryl methyl sites for hydroxylation is 1. The van der Waals surface area contributed by atoms with Gasteiger partial charge in [0.15, 0.2) is 10.9 Å². The molecule has 0 saturated carbocycles. The first-order chi connectivity index (χ1) is 20.6. The van der Waals surface area contributed by atoms with Crippen LogP contribution in [0.25, 0.3) is 0 Å². The zero-order chi connectivity index (χ0) is 30.7. The van der Waals surface area contributed by atoms with Gasteiger partial charge in [0.1, 0.15) is 22.9 Å². The van der Waals surface area contributed by atoms with E-state index in [1.165, 1.54) is 28.6 Å². The van der Waals surface area contributed by atoms with Crippen molar-refractivity contribution in [3.63, 3.8) is 0 Å². The minimum Gasteiger partial charge on any atom is -0.481 e. The van der Waals surface area contributed by atoms with Crippen LogP contribution in [0.2, 0.25) is 0 Å². The van der Waals surface area contributed by atoms with E-state index in [0.29, 0.717) is 5.57 Å². The number of benzene rings is 1. The van der Waals surface area contributed by atoms with Crippen LogP contribution in [-0.2, 0) is 25.7 Å². The summed E-state index contributed by atoms with van der Waals surface area (Å²) in [6.45, 7) is 0.0293. The van der Waals surface area contributed by atoms with Crippen molar-refractivity contribution in [1.82, 2.24) is 39.8 Å². The van der Waals surface area contributed by atoms with Crippen LogP contribution in [0.5, 0.6) is 5.75 Å². The number of amides is 2. The Balaban J connectivity index is 1.30. The molecule has 5 N–H and O–H groups in total. The molecule has 224 valence electrons. The van der Waals surface area contributed by atoms with E-state index < -0.39 is 46.7 Å². The van der Waals surface area contributed by atoms with Gasteiger partial charge in [0, 0.05) is 23.0 Å². The van der Waals surface area contributed by atoms with E-state index in [0.717, 1.165) is 40.3 Å². The second-order valence-corrected chi connectivity index (χ2v) is 11.5. The summed E-state index contributed by atoms with van der Waals surface area (Å²) in [5, 5.41) is 35.9. The number of tetrazole rings is 1. The Morgan fingerprint density at radius 2 is 2.02 bits per heavy atom. The number of carbonyl (C=O) groups is 4. The molecule has 2 aliphatic rings. The van der Waals surface area contributed by atoms with Crippen molar-refractivity contribution in [1.29, 1.82) is 0 Å². The Kier molecular flexibility index (Phi) is 8.82. The number of carbonyl (C=O) groups excluding carboxylic acids is 2. The fourth-order valence-corrected chi connectivity index (χ4v) is 6.73. The highest BCUT2D eigenvalue weighted by molar-refractivity contribution is 8.01. The van der Waals surface area contributed by atoms with Gasteiger partial charge < -0.3 is 26.1 Å². The molecule has 17 nitrogen and oxygen atoms in total. The summed E-state index contributed by atoms with van der Waals surface area (Å²) in [5.41, 5.74) is 5.44. The van der Waals surface area contributed by atoms with Crippen LogP contribution in [0.15, 0.2) is 45.8 Å². The van der Waals surface area contributed by atoms with Crippen LogP contribution in [0, 0.1) is 5.82 Å². The largest absolute Gasteiger partial charge is 0.481 e. The Hall–Kier alpha value is -4.63. The van der Waals surface area contributed by atoms with Gasteiger partial charge in [-0.15, -0.1) is 16.9 Å². The maximum Gasteiger partial charge on any atom is 0.352 e. The third kappa shape index (κ3) is 6.57. The number of nitrogen functional groups attached to an aromatic ring is 1. The molecular weight excluding hydrogens is 632 g/mol. The van der Waals surface area contributed by atoms with E-state index in [2.05, 4.69) is 35.4 Å². The molecule has 2 amide bonds. The molecule has 21 heteroatoms. The van der Waals surface area contributed by atoms with Crippen molar-refractivity contribution >= 4 is 69.7 Å². The summed E-state index contributed by atoms with van der Waals surface area (Å²) >= 11 is 3.14. The number of carboxylic acids is 2. The van der Waals surface area contributed by atoms with Gasteiger partial charge in [-0.05, 0) is 40.3 Å². The molecule has 1 fully saturated rings. The van der Waals surface area contributed by atoms with Gasteiger partial charge in [-0.2, -0.15) is 9.36 Å². The second-order valence-electron chi connectivity index (χ2n) is 8.68. The summed E-state index contributed by atoms with van der Waals surface area (Å²) in [6, 6.07) is 3.74.